The maximum absolute atomic E-state index is 12.4. The Balaban J connectivity index is 1.04. The van der Waals surface area contributed by atoms with E-state index >= 15 is 0 Å². The molecule has 1 amide bonds. The number of fused-ring (bicyclic) bond motifs is 1. The molecule has 0 spiro atoms. The van der Waals surface area contributed by atoms with Crippen LogP contribution in [0, 0.1) is 0 Å². The summed E-state index contributed by atoms with van der Waals surface area (Å²) in [5.74, 6) is 1.45. The van der Waals surface area contributed by atoms with E-state index in [4.69, 9.17) is 21.3 Å². The minimum absolute atomic E-state index is 0.0252. The summed E-state index contributed by atoms with van der Waals surface area (Å²) >= 11 is 6.48. The Kier molecular flexibility index (Phi) is 7.32. The van der Waals surface area contributed by atoms with Gasteiger partial charge in [-0.1, -0.05) is 18.2 Å². The fourth-order valence-corrected chi connectivity index (χ4v) is 5.65. The Bertz CT molecular complexity index is 1380. The molecule has 10 nitrogen and oxygen atoms in total. The number of rotatable bonds is 6. The van der Waals surface area contributed by atoms with Gasteiger partial charge in [0.25, 0.3) is 0 Å². The summed E-state index contributed by atoms with van der Waals surface area (Å²) < 4.78 is 7.48. The first-order chi connectivity index (χ1) is 19.5. The molecule has 3 atom stereocenters. The van der Waals surface area contributed by atoms with Crippen molar-refractivity contribution in [3.63, 3.8) is 0 Å². The third kappa shape index (κ3) is 6.59. The first-order valence-electron chi connectivity index (χ1n) is 14.4. The topological polar surface area (TPSA) is 99.9 Å². The second kappa shape index (κ2) is 10.8. The minimum Gasteiger partial charge on any atom is -0.444 e. The van der Waals surface area contributed by atoms with Crippen molar-refractivity contribution >= 4 is 35.0 Å². The summed E-state index contributed by atoms with van der Waals surface area (Å²) in [7, 11) is 0. The van der Waals surface area contributed by atoms with Gasteiger partial charge in [0, 0.05) is 50.2 Å². The highest BCUT2D eigenvalue weighted by Gasteiger charge is 2.41. The van der Waals surface area contributed by atoms with Crippen LogP contribution in [0.1, 0.15) is 57.7 Å². The zero-order valence-electron chi connectivity index (χ0n) is 24.2. The van der Waals surface area contributed by atoms with E-state index in [1.807, 2.05) is 43.9 Å². The number of alkyl halides is 1. The highest BCUT2D eigenvalue weighted by molar-refractivity contribution is 6.25. The smallest absolute Gasteiger partial charge is 0.410 e. The van der Waals surface area contributed by atoms with Crippen LogP contribution in [0.2, 0.25) is 0 Å². The molecule has 2 aliphatic carbocycles. The van der Waals surface area contributed by atoms with Crippen molar-refractivity contribution in [1.29, 1.82) is 0 Å². The second-order valence-corrected chi connectivity index (χ2v) is 13.3. The number of pyridine rings is 1. The van der Waals surface area contributed by atoms with E-state index in [1.54, 1.807) is 4.90 Å². The summed E-state index contributed by atoms with van der Waals surface area (Å²) in [6.07, 6.45) is 14.1. The molecule has 0 bridgehead atoms. The van der Waals surface area contributed by atoms with Gasteiger partial charge in [-0.2, -0.15) is 5.10 Å². The van der Waals surface area contributed by atoms with Gasteiger partial charge in [0.15, 0.2) is 5.96 Å². The molecule has 3 unspecified atom stereocenters. The van der Waals surface area contributed by atoms with Gasteiger partial charge in [-0.3, -0.25) is 9.58 Å². The van der Waals surface area contributed by atoms with Crippen LogP contribution in [-0.2, 0) is 11.3 Å². The highest BCUT2D eigenvalue weighted by atomic mass is 35.5. The Labute approximate surface area is 246 Å². The van der Waals surface area contributed by atoms with Crippen LogP contribution in [0.3, 0.4) is 0 Å². The van der Waals surface area contributed by atoms with Crippen molar-refractivity contribution in [2.24, 2.45) is 4.99 Å². The molecule has 11 heteroatoms. The molecule has 2 N–H and O–H groups in total. The summed E-state index contributed by atoms with van der Waals surface area (Å²) in [6, 6.07) is 4.39. The third-order valence-corrected chi connectivity index (χ3v) is 8.51. The zero-order valence-corrected chi connectivity index (χ0v) is 24.9. The number of guanidine groups is 1. The van der Waals surface area contributed by atoms with Crippen LogP contribution < -0.4 is 10.6 Å². The molecular formula is C30H39ClN8O2. The van der Waals surface area contributed by atoms with Crippen LogP contribution in [0.5, 0.6) is 0 Å². The number of amides is 1. The van der Waals surface area contributed by atoms with Gasteiger partial charge in [0.1, 0.15) is 11.4 Å². The normalized spacial score (nSPS) is 24.2. The molecule has 0 aromatic carbocycles. The van der Waals surface area contributed by atoms with E-state index < -0.39 is 5.60 Å². The van der Waals surface area contributed by atoms with Gasteiger partial charge in [0.05, 0.1) is 29.7 Å². The number of allylic oxidation sites excluding steroid dienone is 2. The van der Waals surface area contributed by atoms with Crippen LogP contribution >= 0.6 is 11.6 Å². The molecule has 2 fully saturated rings. The van der Waals surface area contributed by atoms with E-state index in [-0.39, 0.29) is 29.1 Å². The summed E-state index contributed by atoms with van der Waals surface area (Å²) in [4.78, 5) is 25.9. The first-order valence-corrected chi connectivity index (χ1v) is 14.8. The maximum atomic E-state index is 12.4. The largest absolute Gasteiger partial charge is 0.444 e. The van der Waals surface area contributed by atoms with Gasteiger partial charge in [-0.25, -0.2) is 14.8 Å². The predicted molar refractivity (Wildman–Crippen MR) is 161 cm³/mol. The Morgan fingerprint density at radius 2 is 2.05 bits per heavy atom. The number of nitrogens with zero attached hydrogens (tertiary/aromatic N) is 6. The number of carbonyl (C=O) groups is 1. The number of hydrogen-bond donors (Lipinski definition) is 2. The number of piperazine rings is 1. The Morgan fingerprint density at radius 3 is 2.78 bits per heavy atom. The molecule has 1 saturated carbocycles. The predicted octanol–water partition coefficient (Wildman–Crippen LogP) is 4.42. The van der Waals surface area contributed by atoms with Crippen molar-refractivity contribution < 1.29 is 9.53 Å². The summed E-state index contributed by atoms with van der Waals surface area (Å²) in [5, 5.41) is 11.4. The van der Waals surface area contributed by atoms with Gasteiger partial charge >= 0.3 is 6.09 Å². The molecule has 4 heterocycles. The molecule has 41 heavy (non-hydrogen) atoms. The molecule has 2 aromatic rings. The maximum Gasteiger partial charge on any atom is 0.410 e. The van der Waals surface area contributed by atoms with Gasteiger partial charge < -0.3 is 20.3 Å². The van der Waals surface area contributed by atoms with Crippen LogP contribution in [0.4, 0.5) is 10.6 Å². The van der Waals surface area contributed by atoms with Crippen molar-refractivity contribution in [2.75, 3.05) is 31.5 Å². The van der Waals surface area contributed by atoms with Crippen molar-refractivity contribution in [3.8, 4) is 0 Å². The van der Waals surface area contributed by atoms with Gasteiger partial charge in [-0.05, 0) is 63.8 Å². The molecule has 0 radical (unpaired) electrons. The number of anilines is 1. The molecule has 6 rings (SSSR count). The standard InChI is InChI=1S/C30H39ClN8O2/c1-20(37-11-13-38(14-12-37)28(40)41-29(2,3)4)21-7-10-32-26(16-21)36-27-34-24-6-5-22(15-25(24)35-27)23-17-33-39(18-23)19-30(31)8-9-30/h5-7,10,15-18,20,24-25H,8-9,11-14,19H2,1-4H3,(H2,32,34,35,36). The average Bonchev–Trinajstić information content (AvgIpc) is 3.30. The number of aliphatic imine (C=N–C) groups is 1. The lowest BCUT2D eigenvalue weighted by Crippen LogP contribution is -2.50. The van der Waals surface area contributed by atoms with E-state index in [0.717, 1.165) is 55.0 Å². The number of aromatic nitrogens is 3. The van der Waals surface area contributed by atoms with E-state index in [0.29, 0.717) is 19.0 Å². The molecular weight excluding hydrogens is 540 g/mol. The number of halogens is 1. The summed E-state index contributed by atoms with van der Waals surface area (Å²) in [6.45, 7) is 11.5. The number of carbonyl (C=O) groups excluding carboxylic acids is 1. The van der Waals surface area contributed by atoms with E-state index in [9.17, 15) is 4.79 Å². The average molecular weight is 579 g/mol. The molecule has 218 valence electrons. The van der Waals surface area contributed by atoms with E-state index in [2.05, 4.69) is 63.0 Å². The lowest BCUT2D eigenvalue weighted by molar-refractivity contribution is 0.0110. The lowest BCUT2D eigenvalue weighted by atomic mass is 9.96. The molecule has 2 aromatic heterocycles. The lowest BCUT2D eigenvalue weighted by Gasteiger charge is -2.38. The molecule has 1 saturated heterocycles. The molecule has 4 aliphatic rings. The zero-order chi connectivity index (χ0) is 28.8. The summed E-state index contributed by atoms with van der Waals surface area (Å²) in [5.41, 5.74) is 2.88. The fraction of sp³-hybridized carbons (Fsp3) is 0.533. The van der Waals surface area contributed by atoms with Crippen LogP contribution in [0.25, 0.3) is 5.57 Å². The number of nitrogens with one attached hydrogen (secondary N) is 2. The van der Waals surface area contributed by atoms with Gasteiger partial charge in [0.2, 0.25) is 0 Å². The second-order valence-electron chi connectivity index (χ2n) is 12.5. The Morgan fingerprint density at radius 1 is 1.27 bits per heavy atom. The first kappa shape index (κ1) is 27.8. The fourth-order valence-electron chi connectivity index (χ4n) is 5.43. The minimum atomic E-state index is -0.485. The monoisotopic (exact) mass is 578 g/mol. The SMILES string of the molecule is CC(c1ccnc(NC2=NC3C=CC(c4cnn(CC5(Cl)CC5)c4)=CC3N2)c1)N1CCN(C(=O)OC(C)(C)C)CC1. The third-order valence-electron chi connectivity index (χ3n) is 8.01. The number of ether oxygens (including phenoxy) is 1. The molecule has 2 aliphatic heterocycles. The van der Waals surface area contributed by atoms with Crippen LogP contribution in [0.15, 0.2) is 53.9 Å². The number of hydrogen-bond acceptors (Lipinski definition) is 8. The van der Waals surface area contributed by atoms with Gasteiger partial charge in [-0.15, -0.1) is 11.6 Å². The highest BCUT2D eigenvalue weighted by Crippen LogP contribution is 2.43. The van der Waals surface area contributed by atoms with Crippen LogP contribution in [-0.4, -0.2) is 85.4 Å². The van der Waals surface area contributed by atoms with Crippen molar-refractivity contribution in [2.45, 2.75) is 75.7 Å². The Hall–Kier alpha value is -3.37. The van der Waals surface area contributed by atoms with E-state index in [1.165, 1.54) is 0 Å². The van der Waals surface area contributed by atoms with Crippen molar-refractivity contribution in [3.05, 3.63) is 60.1 Å². The van der Waals surface area contributed by atoms with Crippen molar-refractivity contribution in [1.82, 2.24) is 29.9 Å². The quantitative estimate of drug-likeness (QED) is 0.489.